The largest absolute Gasteiger partial charge is 0.460 e. The van der Waals surface area contributed by atoms with Gasteiger partial charge in [-0.3, -0.25) is 4.79 Å². The number of oxime groups is 1. The molecule has 1 saturated carbocycles. The Hall–Kier alpha value is -4.53. The highest BCUT2D eigenvalue weighted by molar-refractivity contribution is 7.89. The Morgan fingerprint density at radius 3 is 2.34 bits per heavy atom. The van der Waals surface area contributed by atoms with E-state index >= 15 is 0 Å². The van der Waals surface area contributed by atoms with Crippen molar-refractivity contribution in [1.29, 1.82) is 0 Å². The van der Waals surface area contributed by atoms with Gasteiger partial charge < -0.3 is 34.6 Å². The molecule has 1 aliphatic heterocycles. The molecule has 1 fully saturated rings. The lowest BCUT2D eigenvalue weighted by molar-refractivity contribution is -0.250. The number of aliphatic hydroxyl groups is 2. The summed E-state index contributed by atoms with van der Waals surface area (Å²) in [6.07, 6.45) is 8.43. The molecule has 0 radical (unpaired) electrons. The summed E-state index contributed by atoms with van der Waals surface area (Å²) in [7, 11) is -1.18. The van der Waals surface area contributed by atoms with Crippen molar-refractivity contribution < 1.29 is 42.5 Å². The standard InChI is InChI=1S/C45H57N3O9S/c1-7-24-55-45-42(48(5)58(52,53)36-19-15-33(16-20-36)46-31(4)51)28-40(47-54-6)38-26-32(12-8-10-22-49)37(13-9-11-23-50)43(44(38)45)39-27-35(18-21-41(39)57-45)56-34-17-14-29(2)30(3)25-34/h7,14-21,25-27,32,37,42-44,49-50H,1,8-13,22-24,28H2,2-6H3,(H,46,51). The second kappa shape index (κ2) is 18.6. The molecular weight excluding hydrogens is 759 g/mol. The lowest BCUT2D eigenvalue weighted by Gasteiger charge is -2.59. The first-order valence-electron chi connectivity index (χ1n) is 20.1. The molecule has 3 aromatic rings. The van der Waals surface area contributed by atoms with Crippen molar-refractivity contribution in [3.05, 3.63) is 102 Å². The minimum absolute atomic E-state index is 0.0102. The van der Waals surface area contributed by atoms with E-state index in [1.165, 1.54) is 37.5 Å². The Bertz CT molecular complexity index is 2120. The fraction of sp³-hybridized carbons (Fsp3) is 0.467. The molecule has 0 bridgehead atoms. The van der Waals surface area contributed by atoms with Gasteiger partial charge >= 0.3 is 0 Å². The molecule has 13 heteroatoms. The summed E-state index contributed by atoms with van der Waals surface area (Å²) < 4.78 is 51.2. The van der Waals surface area contributed by atoms with E-state index in [4.69, 9.17) is 19.0 Å². The fourth-order valence-electron chi connectivity index (χ4n) is 9.04. The number of nitrogens with zero attached hydrogens (tertiary/aromatic N) is 2. The quantitative estimate of drug-likeness (QED) is 0.0668. The van der Waals surface area contributed by atoms with Crippen LogP contribution in [0.2, 0.25) is 0 Å². The number of aryl methyl sites for hydroxylation is 2. The van der Waals surface area contributed by atoms with Gasteiger partial charge in [-0.05, 0) is 123 Å². The summed E-state index contributed by atoms with van der Waals surface area (Å²) in [4.78, 5) is 17.2. The molecule has 3 aromatic carbocycles. The van der Waals surface area contributed by atoms with Gasteiger partial charge in [0.1, 0.15) is 24.4 Å². The van der Waals surface area contributed by atoms with Gasteiger partial charge in [-0.25, -0.2) is 8.42 Å². The van der Waals surface area contributed by atoms with Crippen molar-refractivity contribution in [2.75, 3.05) is 39.3 Å². The van der Waals surface area contributed by atoms with E-state index < -0.39 is 27.8 Å². The molecule has 0 aromatic heterocycles. The number of hydrogen-bond donors (Lipinski definition) is 3. The zero-order chi connectivity index (χ0) is 41.6. The van der Waals surface area contributed by atoms with E-state index in [-0.39, 0.29) is 54.8 Å². The number of allylic oxidation sites excluding steroid dienone is 1. The van der Waals surface area contributed by atoms with Gasteiger partial charge in [0, 0.05) is 50.8 Å². The van der Waals surface area contributed by atoms with Crippen molar-refractivity contribution in [2.45, 2.75) is 88.4 Å². The number of sulfonamides is 1. The monoisotopic (exact) mass is 815 g/mol. The summed E-state index contributed by atoms with van der Waals surface area (Å²) >= 11 is 0. The number of anilines is 1. The Morgan fingerprint density at radius 1 is 1.00 bits per heavy atom. The van der Waals surface area contributed by atoms with Gasteiger partial charge in [-0.1, -0.05) is 36.2 Å². The minimum Gasteiger partial charge on any atom is -0.460 e. The lowest BCUT2D eigenvalue weighted by atomic mass is 9.55. The third-order valence-corrected chi connectivity index (χ3v) is 13.7. The number of carbonyl (C=O) groups excluding carboxylic acids is 1. The number of fused-ring (bicyclic) bond motifs is 2. The molecule has 312 valence electrons. The molecule has 0 spiro atoms. The maximum absolute atomic E-state index is 14.7. The molecular formula is C45H57N3O9S. The van der Waals surface area contributed by atoms with Crippen LogP contribution in [0.1, 0.15) is 74.5 Å². The number of unbranched alkanes of at least 4 members (excludes halogenated alkanes) is 2. The normalized spacial score (nSPS) is 24.3. The maximum atomic E-state index is 14.7. The Kier molecular flexibility index (Phi) is 13.8. The smallest absolute Gasteiger partial charge is 0.243 e. The molecule has 12 nitrogen and oxygen atoms in total. The van der Waals surface area contributed by atoms with Crippen LogP contribution in [0, 0.1) is 31.6 Å². The third kappa shape index (κ3) is 8.74. The van der Waals surface area contributed by atoms with E-state index in [9.17, 15) is 23.4 Å². The number of amides is 1. The summed E-state index contributed by atoms with van der Waals surface area (Å²) in [5.74, 6) is -0.689. The summed E-state index contributed by atoms with van der Waals surface area (Å²) in [5.41, 5.74) is 5.12. The molecule has 1 heterocycles. The number of rotatable bonds is 18. The first-order chi connectivity index (χ1) is 27.9. The molecule has 6 unspecified atom stereocenters. The van der Waals surface area contributed by atoms with E-state index in [2.05, 4.69) is 30.1 Å². The number of carbonyl (C=O) groups is 1. The number of nitrogens with one attached hydrogen (secondary N) is 1. The predicted octanol–water partition coefficient (Wildman–Crippen LogP) is 7.64. The molecule has 2 aliphatic carbocycles. The highest BCUT2D eigenvalue weighted by Crippen LogP contribution is 2.62. The highest BCUT2D eigenvalue weighted by Gasteiger charge is 2.65. The zero-order valence-electron chi connectivity index (χ0n) is 34.1. The fourth-order valence-corrected chi connectivity index (χ4v) is 10.4. The lowest BCUT2D eigenvalue weighted by Crippen LogP contribution is -2.69. The Balaban J connectivity index is 1.56. The van der Waals surface area contributed by atoms with Gasteiger partial charge in [0.05, 0.1) is 29.2 Å². The van der Waals surface area contributed by atoms with Crippen molar-refractivity contribution in [3.63, 3.8) is 0 Å². The van der Waals surface area contributed by atoms with Crippen molar-refractivity contribution >= 4 is 27.3 Å². The SMILES string of the molecule is C=CCOC12Oc3ccc(Oc4ccc(C)c(C)c4)cc3C3C(CCCCO)C(CCCCO)C=C(C(=NOC)CC1N(C)S(=O)(=O)c1ccc(NC(C)=O)cc1)C32. The minimum atomic E-state index is -4.19. The van der Waals surface area contributed by atoms with Crippen LogP contribution in [-0.2, 0) is 24.4 Å². The topological polar surface area (TPSA) is 156 Å². The van der Waals surface area contributed by atoms with Crippen LogP contribution in [0.5, 0.6) is 17.2 Å². The molecule has 1 amide bonds. The van der Waals surface area contributed by atoms with Gasteiger partial charge in [0.2, 0.25) is 21.7 Å². The van der Waals surface area contributed by atoms with Crippen LogP contribution in [0.3, 0.4) is 0 Å². The molecule has 0 saturated heterocycles. The Morgan fingerprint density at radius 2 is 1.69 bits per heavy atom. The van der Waals surface area contributed by atoms with Crippen LogP contribution in [0.25, 0.3) is 0 Å². The number of benzene rings is 3. The second-order valence-corrected chi connectivity index (χ2v) is 17.5. The molecule has 3 aliphatic rings. The van der Waals surface area contributed by atoms with Gasteiger partial charge in [-0.15, -0.1) is 6.58 Å². The predicted molar refractivity (Wildman–Crippen MR) is 224 cm³/mol. The third-order valence-electron chi connectivity index (χ3n) is 11.9. The average molecular weight is 816 g/mol. The zero-order valence-corrected chi connectivity index (χ0v) is 35.0. The van der Waals surface area contributed by atoms with E-state index in [1.54, 1.807) is 18.2 Å². The van der Waals surface area contributed by atoms with Crippen LogP contribution in [0.15, 0.2) is 95.0 Å². The van der Waals surface area contributed by atoms with Crippen LogP contribution in [-0.4, -0.2) is 80.4 Å². The second-order valence-electron chi connectivity index (χ2n) is 15.5. The maximum Gasteiger partial charge on any atom is 0.243 e. The van der Waals surface area contributed by atoms with E-state index in [1.807, 2.05) is 43.3 Å². The van der Waals surface area contributed by atoms with Crippen LogP contribution in [0.4, 0.5) is 5.69 Å². The summed E-state index contributed by atoms with van der Waals surface area (Å²) in [6.45, 7) is 9.68. The molecule has 58 heavy (non-hydrogen) atoms. The number of likely N-dealkylation sites (N-methyl/N-ethyl adjacent to an activating group) is 1. The highest BCUT2D eigenvalue weighted by atomic mass is 32.2. The molecule has 3 N–H and O–H groups in total. The molecule has 6 atom stereocenters. The van der Waals surface area contributed by atoms with Crippen molar-refractivity contribution in [3.8, 4) is 17.2 Å². The van der Waals surface area contributed by atoms with Crippen molar-refractivity contribution in [1.82, 2.24) is 4.31 Å². The molecule has 6 rings (SSSR count). The van der Waals surface area contributed by atoms with Gasteiger partial charge in [0.15, 0.2) is 0 Å². The summed E-state index contributed by atoms with van der Waals surface area (Å²) in [5, 5.41) is 26.9. The first-order valence-corrected chi connectivity index (χ1v) is 21.5. The van der Waals surface area contributed by atoms with Crippen LogP contribution < -0.4 is 14.8 Å². The van der Waals surface area contributed by atoms with Crippen molar-refractivity contribution in [2.24, 2.45) is 22.9 Å². The number of hydrogen-bond acceptors (Lipinski definition) is 10. The van der Waals surface area contributed by atoms with Gasteiger partial charge in [-0.2, -0.15) is 4.31 Å². The summed E-state index contributed by atoms with van der Waals surface area (Å²) in [6, 6.07) is 16.9. The van der Waals surface area contributed by atoms with E-state index in [0.29, 0.717) is 41.5 Å². The Labute approximate surface area is 342 Å². The average Bonchev–Trinajstić information content (AvgIpc) is 3.20. The van der Waals surface area contributed by atoms with E-state index in [0.717, 1.165) is 47.9 Å². The number of aliphatic hydroxyl groups excluding tert-OH is 2. The van der Waals surface area contributed by atoms with Crippen LogP contribution >= 0.6 is 0 Å². The number of ether oxygens (including phenoxy) is 3. The first kappa shape index (κ1) is 43.1. The van der Waals surface area contributed by atoms with Gasteiger partial charge in [0.25, 0.3) is 0 Å².